The van der Waals surface area contributed by atoms with E-state index in [9.17, 15) is 13.2 Å². The van der Waals surface area contributed by atoms with E-state index in [2.05, 4.69) is 25.5 Å². The molecule has 0 fully saturated rings. The summed E-state index contributed by atoms with van der Waals surface area (Å²) in [7, 11) is 0.518. The molecule has 160 valence electrons. The molecular formula is C21H37N3O3S. The molecule has 0 aromatic heterocycles. The Balaban J connectivity index is 3.23. The van der Waals surface area contributed by atoms with Gasteiger partial charge in [-0.25, -0.2) is 8.42 Å². The van der Waals surface area contributed by atoms with Crippen LogP contribution in [0.2, 0.25) is 0 Å². The van der Waals surface area contributed by atoms with E-state index in [-0.39, 0.29) is 23.1 Å². The van der Waals surface area contributed by atoms with Crippen LogP contribution in [0.25, 0.3) is 0 Å². The molecule has 0 bridgehead atoms. The van der Waals surface area contributed by atoms with Gasteiger partial charge < -0.3 is 9.80 Å². The zero-order valence-electron chi connectivity index (χ0n) is 18.7. The maximum absolute atomic E-state index is 12.9. The number of anilines is 2. The van der Waals surface area contributed by atoms with E-state index in [1.807, 2.05) is 56.8 Å². The van der Waals surface area contributed by atoms with Crippen molar-refractivity contribution in [2.24, 2.45) is 5.41 Å². The standard InChI is InChI=1S/C21H37N3O3S/c1-9-12-28(26,27)22-18-10-11-19(23(7)8)17(13-18)15-24(16(2)3)20(25)14-21(4,5)6/h10-11,13,16,22H,9,12,14-15H2,1-8H3. The number of amides is 1. The number of hydrogen-bond acceptors (Lipinski definition) is 4. The van der Waals surface area contributed by atoms with Crippen molar-refractivity contribution in [3.8, 4) is 0 Å². The summed E-state index contributed by atoms with van der Waals surface area (Å²) in [5.41, 5.74) is 2.32. The van der Waals surface area contributed by atoms with Crippen LogP contribution in [0.5, 0.6) is 0 Å². The highest BCUT2D eigenvalue weighted by Crippen LogP contribution is 2.27. The number of sulfonamides is 1. The summed E-state index contributed by atoms with van der Waals surface area (Å²) in [6.07, 6.45) is 1.02. The first kappa shape index (κ1) is 24.3. The second kappa shape index (κ2) is 9.63. The number of benzene rings is 1. The Morgan fingerprint density at radius 2 is 1.79 bits per heavy atom. The molecule has 0 aliphatic rings. The van der Waals surface area contributed by atoms with E-state index in [1.54, 1.807) is 6.07 Å². The largest absolute Gasteiger partial charge is 0.377 e. The normalized spacial score (nSPS) is 12.2. The Morgan fingerprint density at radius 3 is 2.25 bits per heavy atom. The second-order valence-electron chi connectivity index (χ2n) is 9.01. The van der Waals surface area contributed by atoms with E-state index in [1.165, 1.54) is 0 Å². The van der Waals surface area contributed by atoms with Crippen LogP contribution in [0, 0.1) is 5.41 Å². The molecule has 28 heavy (non-hydrogen) atoms. The summed E-state index contributed by atoms with van der Waals surface area (Å²) in [5.74, 6) is 0.184. The maximum Gasteiger partial charge on any atom is 0.232 e. The van der Waals surface area contributed by atoms with E-state index in [0.29, 0.717) is 25.1 Å². The van der Waals surface area contributed by atoms with Gasteiger partial charge in [-0.3, -0.25) is 9.52 Å². The molecule has 1 rings (SSSR count). The number of hydrogen-bond donors (Lipinski definition) is 1. The van der Waals surface area contributed by atoms with Crippen LogP contribution >= 0.6 is 0 Å². The first-order valence-corrected chi connectivity index (χ1v) is 11.5. The average Bonchev–Trinajstić information content (AvgIpc) is 2.49. The molecule has 7 heteroatoms. The van der Waals surface area contributed by atoms with Gasteiger partial charge in [0.2, 0.25) is 15.9 Å². The van der Waals surface area contributed by atoms with Gasteiger partial charge in [0.25, 0.3) is 0 Å². The van der Waals surface area contributed by atoms with Crippen LogP contribution in [0.15, 0.2) is 18.2 Å². The first-order chi connectivity index (χ1) is 12.8. The minimum Gasteiger partial charge on any atom is -0.377 e. The lowest BCUT2D eigenvalue weighted by atomic mass is 9.91. The van der Waals surface area contributed by atoms with Crippen LogP contribution < -0.4 is 9.62 Å². The fourth-order valence-electron chi connectivity index (χ4n) is 3.01. The summed E-state index contributed by atoms with van der Waals surface area (Å²) in [5, 5.41) is 0. The molecule has 0 unspecified atom stereocenters. The molecule has 0 atom stereocenters. The zero-order chi connectivity index (χ0) is 21.7. The molecule has 0 aliphatic heterocycles. The fraction of sp³-hybridized carbons (Fsp3) is 0.667. The van der Waals surface area contributed by atoms with Crippen molar-refractivity contribution in [2.75, 3.05) is 29.5 Å². The highest BCUT2D eigenvalue weighted by molar-refractivity contribution is 7.92. The average molecular weight is 412 g/mol. The molecule has 1 aromatic rings. The highest BCUT2D eigenvalue weighted by atomic mass is 32.2. The van der Waals surface area contributed by atoms with Crippen LogP contribution in [0.4, 0.5) is 11.4 Å². The summed E-state index contributed by atoms with van der Waals surface area (Å²) in [4.78, 5) is 16.7. The summed E-state index contributed by atoms with van der Waals surface area (Å²) < 4.78 is 26.9. The van der Waals surface area contributed by atoms with Crippen molar-refractivity contribution in [1.82, 2.24) is 4.90 Å². The third-order valence-corrected chi connectivity index (χ3v) is 5.77. The molecule has 6 nitrogen and oxygen atoms in total. The Labute approximate surface area is 171 Å². The predicted octanol–water partition coefficient (Wildman–Crippen LogP) is 4.08. The second-order valence-corrected chi connectivity index (χ2v) is 10.9. The van der Waals surface area contributed by atoms with Gasteiger partial charge in [0, 0.05) is 44.5 Å². The number of carbonyl (C=O) groups is 1. The van der Waals surface area contributed by atoms with E-state index in [0.717, 1.165) is 11.3 Å². The highest BCUT2D eigenvalue weighted by Gasteiger charge is 2.24. The van der Waals surface area contributed by atoms with Gasteiger partial charge in [-0.05, 0) is 49.4 Å². The number of carbonyl (C=O) groups excluding carboxylic acids is 1. The number of rotatable bonds is 9. The fourth-order valence-corrected chi connectivity index (χ4v) is 4.13. The van der Waals surface area contributed by atoms with Crippen molar-refractivity contribution >= 4 is 27.3 Å². The molecule has 0 heterocycles. The molecule has 0 spiro atoms. The molecule has 1 aromatic carbocycles. The Morgan fingerprint density at radius 1 is 1.18 bits per heavy atom. The van der Waals surface area contributed by atoms with Crippen molar-refractivity contribution in [3.63, 3.8) is 0 Å². The third kappa shape index (κ3) is 7.70. The Bertz CT molecular complexity index is 766. The number of nitrogens with zero attached hydrogens (tertiary/aromatic N) is 2. The van der Waals surface area contributed by atoms with Crippen LogP contribution in [0.1, 0.15) is 59.9 Å². The minimum absolute atomic E-state index is 0.0466. The SMILES string of the molecule is CCCS(=O)(=O)Nc1ccc(N(C)C)c(CN(C(=O)CC(C)(C)C)C(C)C)c1. The molecule has 0 saturated heterocycles. The van der Waals surface area contributed by atoms with Gasteiger partial charge in [-0.2, -0.15) is 0 Å². The topological polar surface area (TPSA) is 69.7 Å². The monoisotopic (exact) mass is 411 g/mol. The lowest BCUT2D eigenvalue weighted by molar-refractivity contribution is -0.135. The molecule has 0 radical (unpaired) electrons. The van der Waals surface area contributed by atoms with Crippen LogP contribution in [0.3, 0.4) is 0 Å². The van der Waals surface area contributed by atoms with E-state index in [4.69, 9.17) is 0 Å². The van der Waals surface area contributed by atoms with Crippen LogP contribution in [-0.4, -0.2) is 45.1 Å². The lowest BCUT2D eigenvalue weighted by Gasteiger charge is -2.31. The van der Waals surface area contributed by atoms with Crippen molar-refractivity contribution < 1.29 is 13.2 Å². The number of nitrogens with one attached hydrogen (secondary N) is 1. The van der Waals surface area contributed by atoms with Gasteiger partial charge in [-0.1, -0.05) is 27.7 Å². The first-order valence-electron chi connectivity index (χ1n) is 9.86. The zero-order valence-corrected chi connectivity index (χ0v) is 19.5. The summed E-state index contributed by atoms with van der Waals surface area (Å²) in [6.45, 7) is 12.4. The van der Waals surface area contributed by atoms with Crippen LogP contribution in [-0.2, 0) is 21.4 Å². The van der Waals surface area contributed by atoms with Gasteiger partial charge >= 0.3 is 0 Å². The van der Waals surface area contributed by atoms with Crippen molar-refractivity contribution in [3.05, 3.63) is 23.8 Å². The van der Waals surface area contributed by atoms with E-state index >= 15 is 0 Å². The Kier molecular flexibility index (Phi) is 8.35. The summed E-state index contributed by atoms with van der Waals surface area (Å²) >= 11 is 0. The molecule has 0 saturated carbocycles. The van der Waals surface area contributed by atoms with E-state index < -0.39 is 10.0 Å². The summed E-state index contributed by atoms with van der Waals surface area (Å²) in [6, 6.07) is 5.54. The minimum atomic E-state index is -3.36. The Hall–Kier alpha value is -1.76. The maximum atomic E-state index is 12.9. The van der Waals surface area contributed by atoms with Gasteiger partial charge in [0.05, 0.1) is 5.75 Å². The molecular weight excluding hydrogens is 374 g/mol. The molecule has 1 N–H and O–H groups in total. The third-order valence-electron chi connectivity index (χ3n) is 4.27. The van der Waals surface area contributed by atoms with Gasteiger partial charge in [0.1, 0.15) is 0 Å². The smallest absolute Gasteiger partial charge is 0.232 e. The lowest BCUT2D eigenvalue weighted by Crippen LogP contribution is -2.38. The molecule has 0 aliphatic carbocycles. The van der Waals surface area contributed by atoms with Crippen molar-refractivity contribution in [1.29, 1.82) is 0 Å². The predicted molar refractivity (Wildman–Crippen MR) is 118 cm³/mol. The van der Waals surface area contributed by atoms with Gasteiger partial charge in [0.15, 0.2) is 0 Å². The van der Waals surface area contributed by atoms with Crippen molar-refractivity contribution in [2.45, 2.75) is 67.0 Å². The molecule has 1 amide bonds. The van der Waals surface area contributed by atoms with Gasteiger partial charge in [-0.15, -0.1) is 0 Å². The quantitative estimate of drug-likeness (QED) is 0.665.